The number of rotatable bonds is 3. The Morgan fingerprint density at radius 2 is 2.06 bits per heavy atom. The second-order valence-corrected chi connectivity index (χ2v) is 5.25. The van der Waals surface area contributed by atoms with Crippen molar-refractivity contribution in [2.24, 2.45) is 0 Å². The molecule has 1 saturated carbocycles. The number of aliphatic hydroxyl groups excluding tert-OH is 1. The van der Waals surface area contributed by atoms with Gasteiger partial charge in [-0.25, -0.2) is 4.39 Å². The molecule has 0 amide bonds. The van der Waals surface area contributed by atoms with Gasteiger partial charge in [-0.3, -0.25) is 0 Å². The Labute approximate surface area is 110 Å². The van der Waals surface area contributed by atoms with E-state index < -0.39 is 5.82 Å². The molecule has 2 N–H and O–H groups in total. The summed E-state index contributed by atoms with van der Waals surface area (Å²) in [6.07, 6.45) is 1.21. The Morgan fingerprint density at radius 3 is 2.65 bits per heavy atom. The standard InChI is InChI=1S/C12H14Cl2FNO/c1-6(16-7-4-8(17)5-7)11-9(13)2-3-10(15)12(11)14/h2-3,6-8,16-17H,4-5H2,1H3. The van der Waals surface area contributed by atoms with Crippen molar-refractivity contribution in [2.75, 3.05) is 0 Å². The molecule has 0 spiro atoms. The van der Waals surface area contributed by atoms with Crippen molar-refractivity contribution >= 4 is 23.2 Å². The Bertz CT molecular complexity index is 421. The van der Waals surface area contributed by atoms with Crippen LogP contribution in [0.3, 0.4) is 0 Å². The van der Waals surface area contributed by atoms with Gasteiger partial charge in [0.15, 0.2) is 0 Å². The van der Waals surface area contributed by atoms with Crippen molar-refractivity contribution in [1.29, 1.82) is 0 Å². The van der Waals surface area contributed by atoms with E-state index in [-0.39, 0.29) is 23.2 Å². The highest BCUT2D eigenvalue weighted by molar-refractivity contribution is 6.36. The minimum atomic E-state index is -0.464. The van der Waals surface area contributed by atoms with Gasteiger partial charge in [0.2, 0.25) is 0 Å². The van der Waals surface area contributed by atoms with E-state index in [0.717, 1.165) is 12.8 Å². The summed E-state index contributed by atoms with van der Waals surface area (Å²) in [6, 6.07) is 2.87. The first-order chi connectivity index (χ1) is 7.99. The third-order valence-electron chi connectivity index (χ3n) is 3.11. The molecular weight excluding hydrogens is 264 g/mol. The maximum Gasteiger partial charge on any atom is 0.142 e. The molecule has 0 heterocycles. The normalized spacial score (nSPS) is 25.5. The van der Waals surface area contributed by atoms with Crippen LogP contribution in [0.4, 0.5) is 4.39 Å². The molecule has 1 aliphatic rings. The topological polar surface area (TPSA) is 32.3 Å². The van der Waals surface area contributed by atoms with Crippen molar-refractivity contribution in [3.8, 4) is 0 Å². The van der Waals surface area contributed by atoms with Gasteiger partial charge < -0.3 is 10.4 Å². The van der Waals surface area contributed by atoms with E-state index in [1.807, 2.05) is 6.92 Å². The minimum Gasteiger partial charge on any atom is -0.393 e. The Kier molecular flexibility index (Phi) is 3.93. The third kappa shape index (κ3) is 2.74. The van der Waals surface area contributed by atoms with Crippen LogP contribution in [-0.2, 0) is 0 Å². The maximum atomic E-state index is 13.4. The molecule has 1 unspecified atom stereocenters. The number of benzene rings is 1. The molecule has 0 radical (unpaired) electrons. The van der Waals surface area contributed by atoms with Gasteiger partial charge in [-0.2, -0.15) is 0 Å². The second-order valence-electron chi connectivity index (χ2n) is 4.47. The van der Waals surface area contributed by atoms with Crippen molar-refractivity contribution in [1.82, 2.24) is 5.32 Å². The monoisotopic (exact) mass is 277 g/mol. The molecule has 0 aliphatic heterocycles. The summed E-state index contributed by atoms with van der Waals surface area (Å²) in [4.78, 5) is 0. The summed E-state index contributed by atoms with van der Waals surface area (Å²) in [5.41, 5.74) is 0.578. The van der Waals surface area contributed by atoms with Crippen LogP contribution < -0.4 is 5.32 Å². The summed E-state index contributed by atoms with van der Waals surface area (Å²) in [5.74, 6) is -0.464. The number of halogens is 3. The zero-order valence-corrected chi connectivity index (χ0v) is 10.9. The summed E-state index contributed by atoms with van der Waals surface area (Å²) in [7, 11) is 0. The molecule has 1 aromatic rings. The molecular formula is C12H14Cl2FNO. The van der Waals surface area contributed by atoms with E-state index in [9.17, 15) is 9.50 Å². The summed E-state index contributed by atoms with van der Waals surface area (Å²) < 4.78 is 13.4. The molecule has 1 atom stereocenters. The predicted octanol–water partition coefficient (Wildman–Crippen LogP) is 3.31. The van der Waals surface area contributed by atoms with Crippen LogP contribution >= 0.6 is 23.2 Å². The van der Waals surface area contributed by atoms with Gasteiger partial charge in [-0.15, -0.1) is 0 Å². The SMILES string of the molecule is CC(NC1CC(O)C1)c1c(Cl)ccc(F)c1Cl. The molecule has 0 aromatic heterocycles. The van der Waals surface area contributed by atoms with Gasteiger partial charge in [-0.1, -0.05) is 23.2 Å². The Hall–Kier alpha value is -0.350. The van der Waals surface area contributed by atoms with Gasteiger partial charge in [0.25, 0.3) is 0 Å². The number of hydrogen-bond donors (Lipinski definition) is 2. The van der Waals surface area contributed by atoms with Gasteiger partial charge >= 0.3 is 0 Å². The van der Waals surface area contributed by atoms with E-state index in [0.29, 0.717) is 10.6 Å². The zero-order chi connectivity index (χ0) is 12.6. The summed E-state index contributed by atoms with van der Waals surface area (Å²) in [6.45, 7) is 1.89. The fourth-order valence-corrected chi connectivity index (χ4v) is 2.80. The summed E-state index contributed by atoms with van der Waals surface area (Å²) >= 11 is 11.9. The maximum absolute atomic E-state index is 13.4. The minimum absolute atomic E-state index is 0.0670. The van der Waals surface area contributed by atoms with Crippen LogP contribution in [0, 0.1) is 5.82 Å². The number of nitrogens with one attached hydrogen (secondary N) is 1. The molecule has 0 bridgehead atoms. The first-order valence-electron chi connectivity index (χ1n) is 5.56. The largest absolute Gasteiger partial charge is 0.393 e. The molecule has 1 fully saturated rings. The Morgan fingerprint density at radius 1 is 1.41 bits per heavy atom. The van der Waals surface area contributed by atoms with E-state index in [4.69, 9.17) is 23.2 Å². The van der Waals surface area contributed by atoms with E-state index in [2.05, 4.69) is 5.32 Å². The van der Waals surface area contributed by atoms with Crippen molar-refractivity contribution in [2.45, 2.75) is 38.0 Å². The highest BCUT2D eigenvalue weighted by atomic mass is 35.5. The van der Waals surface area contributed by atoms with Crippen LogP contribution in [0.25, 0.3) is 0 Å². The number of hydrogen-bond acceptors (Lipinski definition) is 2. The predicted molar refractivity (Wildman–Crippen MR) is 67.0 cm³/mol. The van der Waals surface area contributed by atoms with Crippen molar-refractivity contribution < 1.29 is 9.50 Å². The average Bonchev–Trinajstić information content (AvgIpc) is 2.22. The highest BCUT2D eigenvalue weighted by Gasteiger charge is 2.29. The fourth-order valence-electron chi connectivity index (χ4n) is 2.10. The lowest BCUT2D eigenvalue weighted by Gasteiger charge is -2.35. The van der Waals surface area contributed by atoms with Gasteiger partial charge in [0.05, 0.1) is 11.1 Å². The lowest BCUT2D eigenvalue weighted by molar-refractivity contribution is 0.0586. The molecule has 5 heteroatoms. The first-order valence-corrected chi connectivity index (χ1v) is 6.32. The summed E-state index contributed by atoms with van der Waals surface area (Å²) in [5, 5.41) is 13.0. The van der Waals surface area contributed by atoms with Gasteiger partial charge in [0, 0.05) is 22.7 Å². The quantitative estimate of drug-likeness (QED) is 0.831. The number of aliphatic hydroxyl groups is 1. The highest BCUT2D eigenvalue weighted by Crippen LogP contribution is 2.33. The molecule has 1 aromatic carbocycles. The molecule has 94 valence electrons. The average molecular weight is 278 g/mol. The first kappa shape index (κ1) is 13.1. The second kappa shape index (κ2) is 5.11. The lowest BCUT2D eigenvalue weighted by Crippen LogP contribution is -2.45. The van der Waals surface area contributed by atoms with Crippen LogP contribution in [0.2, 0.25) is 10.0 Å². The van der Waals surface area contributed by atoms with Crippen LogP contribution in [-0.4, -0.2) is 17.3 Å². The molecule has 0 saturated heterocycles. The third-order valence-corrected chi connectivity index (χ3v) is 3.83. The molecule has 1 aliphatic carbocycles. The van der Waals surface area contributed by atoms with Gasteiger partial charge in [0.1, 0.15) is 5.82 Å². The smallest absolute Gasteiger partial charge is 0.142 e. The molecule has 2 rings (SSSR count). The van der Waals surface area contributed by atoms with E-state index in [1.165, 1.54) is 12.1 Å². The van der Waals surface area contributed by atoms with E-state index >= 15 is 0 Å². The van der Waals surface area contributed by atoms with E-state index in [1.54, 1.807) is 0 Å². The van der Waals surface area contributed by atoms with Crippen LogP contribution in [0.1, 0.15) is 31.4 Å². The Balaban J connectivity index is 2.13. The van der Waals surface area contributed by atoms with Crippen molar-refractivity contribution in [3.63, 3.8) is 0 Å². The molecule has 17 heavy (non-hydrogen) atoms. The lowest BCUT2D eigenvalue weighted by atomic mass is 9.88. The van der Waals surface area contributed by atoms with Gasteiger partial charge in [-0.05, 0) is 31.9 Å². The fraction of sp³-hybridized carbons (Fsp3) is 0.500. The zero-order valence-electron chi connectivity index (χ0n) is 9.38. The van der Waals surface area contributed by atoms with Crippen molar-refractivity contribution in [3.05, 3.63) is 33.6 Å². The van der Waals surface area contributed by atoms with Crippen LogP contribution in [0.5, 0.6) is 0 Å². The van der Waals surface area contributed by atoms with Crippen LogP contribution in [0.15, 0.2) is 12.1 Å². The molecule has 2 nitrogen and oxygen atoms in total.